The Morgan fingerprint density at radius 3 is 1.13 bits per heavy atom. The number of carbonyl (C=O) groups excluding carboxylic acids is 4. The molecule has 0 radical (unpaired) electrons. The van der Waals surface area contributed by atoms with Crippen LogP contribution in [0.2, 0.25) is 0 Å². The van der Waals surface area contributed by atoms with Crippen LogP contribution in [-0.2, 0) is 96.6 Å². The summed E-state index contributed by atoms with van der Waals surface area (Å²) in [6.45, 7) is 9.81. The third kappa shape index (κ3) is 20.8. The molecule has 1 atom stereocenters. The number of aromatic nitrogens is 4. The smallest absolute Gasteiger partial charge is 0.243 e. The molecule has 142 heavy (non-hydrogen) atoms. The number of nitrogens with one attached hydrogen (secondary N) is 1. The van der Waals surface area contributed by atoms with E-state index in [0.29, 0.717) is 127 Å². The first-order valence-electron chi connectivity index (χ1n) is 48.2. The van der Waals surface area contributed by atoms with Gasteiger partial charge < -0.3 is 53.2 Å². The number of aryl methyl sites for hydroxylation is 1. The lowest BCUT2D eigenvalue weighted by Gasteiger charge is -2.33. The number of aliphatic hydroxyl groups excluding tert-OH is 3. The highest BCUT2D eigenvalue weighted by Crippen LogP contribution is 2.56. The molecule has 6 fully saturated rings. The number of carbonyl (C=O) groups is 4. The van der Waals surface area contributed by atoms with Crippen molar-refractivity contribution in [2.24, 2.45) is 0 Å². The number of β-amino-alcohol motifs (C(OH)–C–C–N with tert-alkyl or cyclic N) is 1. The number of Topliss-reactive ketones (excluding diaryl/α,β-unsaturated/α-hetero) is 4. The van der Waals surface area contributed by atoms with Crippen molar-refractivity contribution in [3.63, 3.8) is 0 Å². The summed E-state index contributed by atoms with van der Waals surface area (Å²) in [7, 11) is -11.0. The van der Waals surface area contributed by atoms with Gasteiger partial charge in [-0.1, -0.05) is 129 Å². The number of hydrogen-bond acceptors (Lipinski definition) is 26. The van der Waals surface area contributed by atoms with Gasteiger partial charge in [-0.05, 0) is 238 Å². The van der Waals surface area contributed by atoms with Crippen LogP contribution >= 0.6 is 0 Å². The maximum Gasteiger partial charge on any atom is 0.243 e. The van der Waals surface area contributed by atoms with E-state index in [-0.39, 0.29) is 117 Å². The number of rotatable bonds is 32. The van der Waals surface area contributed by atoms with E-state index < -0.39 is 51.7 Å². The molecular formula is C110H112N8O21S3. The van der Waals surface area contributed by atoms with Crippen molar-refractivity contribution < 1.29 is 97.6 Å². The van der Waals surface area contributed by atoms with Crippen molar-refractivity contribution in [3.05, 3.63) is 293 Å². The summed E-state index contributed by atoms with van der Waals surface area (Å²) in [6.07, 6.45) is 9.92. The maximum atomic E-state index is 13.4. The van der Waals surface area contributed by atoms with Crippen molar-refractivity contribution >= 4 is 53.2 Å². The molecule has 1 unspecified atom stereocenters. The molecule has 22 rings (SSSR count). The van der Waals surface area contributed by atoms with Crippen LogP contribution < -0.4 is 42.6 Å². The van der Waals surface area contributed by atoms with E-state index >= 15 is 0 Å². The van der Waals surface area contributed by atoms with Crippen LogP contribution in [0.5, 0.6) is 46.0 Å². The van der Waals surface area contributed by atoms with E-state index in [4.69, 9.17) is 63.1 Å². The Bertz CT molecular complexity index is 7130. The van der Waals surface area contributed by atoms with E-state index in [1.165, 1.54) is 31.9 Å². The van der Waals surface area contributed by atoms with Crippen LogP contribution in [0.15, 0.2) is 251 Å². The van der Waals surface area contributed by atoms with Gasteiger partial charge in [0.2, 0.25) is 57.2 Å². The molecule has 736 valence electrons. The highest BCUT2D eigenvalue weighted by atomic mass is 32.2. The number of nitrogens with zero attached hydrogens (tertiary/aromatic N) is 7. The van der Waals surface area contributed by atoms with Crippen molar-refractivity contribution in [2.45, 2.75) is 165 Å². The van der Waals surface area contributed by atoms with Crippen LogP contribution in [-0.4, -0.2) is 196 Å². The van der Waals surface area contributed by atoms with Crippen molar-refractivity contribution in [2.75, 3.05) is 92.8 Å². The lowest BCUT2D eigenvalue weighted by molar-refractivity contribution is -0.121. The Morgan fingerprint density at radius 2 is 0.761 bits per heavy atom. The first-order valence-corrected chi connectivity index (χ1v) is 52.6. The predicted molar refractivity (Wildman–Crippen MR) is 529 cm³/mol. The largest absolute Gasteiger partial charge is 0.454 e. The van der Waals surface area contributed by atoms with E-state index in [2.05, 4.69) is 58.8 Å². The van der Waals surface area contributed by atoms with Gasteiger partial charge in [-0.25, -0.2) is 30.0 Å². The third-order valence-electron chi connectivity index (χ3n) is 28.6. The second-order valence-electron chi connectivity index (χ2n) is 37.9. The average Bonchev–Trinajstić information content (AvgIpc) is 1.60. The summed E-state index contributed by atoms with van der Waals surface area (Å²) in [5.41, 5.74) is 13.7. The summed E-state index contributed by atoms with van der Waals surface area (Å²) >= 11 is 0. The molecule has 32 heteroatoms. The number of aliphatic hydroxyl groups is 3. The topological polar surface area (TPSA) is 379 Å². The monoisotopic (exact) mass is 1980 g/mol. The van der Waals surface area contributed by atoms with Gasteiger partial charge in [0.25, 0.3) is 0 Å². The molecule has 0 spiro atoms. The van der Waals surface area contributed by atoms with Crippen molar-refractivity contribution in [1.29, 1.82) is 0 Å². The summed E-state index contributed by atoms with van der Waals surface area (Å²) in [5, 5.41) is 27.6. The molecule has 4 aromatic heterocycles. The molecule has 4 aliphatic carbocycles. The molecule has 10 aliphatic rings. The molecule has 2 saturated heterocycles. The number of ether oxygens (including phenoxy) is 8. The molecule has 29 nitrogen and oxygen atoms in total. The van der Waals surface area contributed by atoms with Crippen LogP contribution in [0.4, 0.5) is 0 Å². The molecule has 8 aromatic carbocycles. The lowest BCUT2D eigenvalue weighted by atomic mass is 9.88. The second-order valence-corrected chi connectivity index (χ2v) is 43.5. The summed E-state index contributed by atoms with van der Waals surface area (Å²) in [4.78, 5) is 74.9. The predicted octanol–water partition coefficient (Wildman–Crippen LogP) is 14.8. The molecule has 4 saturated carbocycles. The number of ketones is 4. The molecule has 12 aromatic rings. The van der Waals surface area contributed by atoms with Gasteiger partial charge in [-0.3, -0.25) is 44.0 Å². The zero-order valence-corrected chi connectivity index (χ0v) is 81.7. The first-order chi connectivity index (χ1) is 68.7. The van der Waals surface area contributed by atoms with Gasteiger partial charge in [0, 0.05) is 128 Å². The zero-order chi connectivity index (χ0) is 98.7. The fourth-order valence-electron chi connectivity index (χ4n) is 19.6. The summed E-state index contributed by atoms with van der Waals surface area (Å²) < 4.78 is 126. The van der Waals surface area contributed by atoms with E-state index in [9.17, 15) is 49.5 Å². The quantitative estimate of drug-likeness (QED) is 0.0304. The van der Waals surface area contributed by atoms with Crippen LogP contribution in [0.25, 0.3) is 44.9 Å². The first kappa shape index (κ1) is 97.8. The Balaban J connectivity index is 0.000000121. The third-order valence-corrected chi connectivity index (χ3v) is 33.9. The summed E-state index contributed by atoms with van der Waals surface area (Å²) in [6, 6.07) is 71.8. The minimum atomic E-state index is -3.69. The van der Waals surface area contributed by atoms with Crippen LogP contribution in [0.1, 0.15) is 147 Å². The SMILES string of the molecule is Cc1nc(CC(=O)C2(c3ccc4c(c3)OCO4)CC2)ccc1-c1cccc(C(C)C)c1.O=C(Cc1cccc(-c2ccc(S(=O)(=O)N3CCCCC3CO)cc2)n1)C1(c2ccc3c(c2)OCO3)CC1.O=C(Cc1cccc(-c2ccc(S(=O)(=O)N3CCN(CCO)CC3)cc2)n1)C1(c2ccc3c(c2)OCO3)CC1.O=C(Cc1cccc(-c2ccc(S(=O)(=O)NCCO)cc2)n1)C1(c2ccc3c(c2)OCO3)CC1. The fourth-order valence-corrected chi connectivity index (χ4v) is 23.7. The summed E-state index contributed by atoms with van der Waals surface area (Å²) in [5.74, 6) is 6.72. The standard InChI is InChI=1S/C29H31N3O6S.C29H30N2O6S.C27H27NO3.C25H24N2O6S/c33-17-16-31-12-14-32(15-13-31)39(35,36)24-7-4-21(5-8-24)25-3-1-2-23(30-25)19-28(34)29(10-11-29)22-6-9-26-27(18-22)38-20-37-26;32-18-23-5-1-2-15-31(23)38(34,35)24-10-7-20(8-11-24)25-6-3-4-22(30-25)17-28(33)29(13-14-29)21-9-12-26-27(16-21)37-19-36-26;1-17(2)19-5-4-6-20(13-19)23-9-8-22(28-18(23)3)15-26(29)27(11-12-27)21-7-10-24-25(14-21)31-16-30-24;28-13-12-26-34(30,31)20-7-4-17(5-8-20)21-3-1-2-19(27-21)15-24(29)25(10-11-25)18-6-9-22-23(14-18)33-16-32-22/h1-9,18,33H,10-17,19-20H2;3-4,6-12,16,23,32H,1-2,5,13-15,17-19H2;4-10,13-14,17H,11-12,15-16H2,1-3H3;1-9,14,26,28H,10-13,15-16H2. The Labute approximate surface area is 825 Å². The highest BCUT2D eigenvalue weighted by molar-refractivity contribution is 7.90. The molecule has 4 N–H and O–H groups in total. The molecule has 0 bridgehead atoms. The van der Waals surface area contributed by atoms with E-state index in [1.807, 2.05) is 140 Å². The van der Waals surface area contributed by atoms with Crippen molar-refractivity contribution in [3.8, 4) is 90.9 Å². The Morgan fingerprint density at radius 1 is 0.387 bits per heavy atom. The van der Waals surface area contributed by atoms with Crippen molar-refractivity contribution in [1.82, 2.24) is 38.2 Å². The number of piperidine rings is 1. The Kier molecular flexibility index (Phi) is 28.3. The number of piperazine rings is 1. The number of sulfonamides is 3. The van der Waals surface area contributed by atoms with Gasteiger partial charge in [0.15, 0.2) is 46.0 Å². The van der Waals surface area contributed by atoms with Gasteiger partial charge in [-0.2, -0.15) is 8.61 Å². The molecule has 10 heterocycles. The number of hydrogen-bond donors (Lipinski definition) is 4. The lowest BCUT2D eigenvalue weighted by Crippen LogP contribution is -2.49. The zero-order valence-electron chi connectivity index (χ0n) is 79.2. The van der Waals surface area contributed by atoms with Crippen LogP contribution in [0.3, 0.4) is 0 Å². The number of fused-ring (bicyclic) bond motifs is 4. The van der Waals surface area contributed by atoms with E-state index in [1.54, 1.807) is 60.7 Å². The minimum absolute atomic E-state index is 0.0462. The maximum absolute atomic E-state index is 13.4. The number of pyridine rings is 4. The van der Waals surface area contributed by atoms with Gasteiger partial charge in [0.05, 0.1) is 73.2 Å². The molecule has 0 amide bonds. The molecular weight excluding hydrogens is 1870 g/mol. The second kappa shape index (κ2) is 41.2. The van der Waals surface area contributed by atoms with Gasteiger partial charge in [-0.15, -0.1) is 0 Å². The molecule has 6 aliphatic heterocycles. The van der Waals surface area contributed by atoms with E-state index in [0.717, 1.165) is 132 Å². The van der Waals surface area contributed by atoms with Gasteiger partial charge in [0.1, 0.15) is 23.1 Å². The average molecular weight is 1980 g/mol. The normalized spacial score (nSPS) is 17.8. The fraction of sp³-hybridized carbons (Fsp3) is 0.345. The Hall–Kier alpha value is -13.0. The minimum Gasteiger partial charge on any atom is -0.454 e. The van der Waals surface area contributed by atoms with Gasteiger partial charge >= 0.3 is 0 Å². The highest BCUT2D eigenvalue weighted by Gasteiger charge is 2.55. The van der Waals surface area contributed by atoms with Crippen LogP contribution in [0, 0.1) is 6.92 Å². The number of benzene rings is 8.